The van der Waals surface area contributed by atoms with Crippen molar-refractivity contribution >= 4 is 23.7 Å². The lowest BCUT2D eigenvalue weighted by atomic mass is 10.0. The molecule has 2 rings (SSSR count). The van der Waals surface area contributed by atoms with Gasteiger partial charge in [0.05, 0.1) is 11.0 Å². The topological polar surface area (TPSA) is 17.8 Å². The quantitative estimate of drug-likeness (QED) is 0.805. The highest BCUT2D eigenvalue weighted by atomic mass is 32.1. The van der Waals surface area contributed by atoms with E-state index >= 15 is 0 Å². The molecule has 0 bridgehead atoms. The largest absolute Gasteiger partial charge is 0.328 e. The second-order valence-corrected chi connectivity index (χ2v) is 5.50. The number of aryl methyl sites for hydroxylation is 2. The van der Waals surface area contributed by atoms with Crippen molar-refractivity contribution < 1.29 is 0 Å². The van der Waals surface area contributed by atoms with Gasteiger partial charge in [-0.05, 0) is 35.8 Å². The third-order valence-corrected chi connectivity index (χ3v) is 3.52. The molecular formula is C15H22N2S. The van der Waals surface area contributed by atoms with Crippen LogP contribution >= 0.6 is 12.6 Å². The summed E-state index contributed by atoms with van der Waals surface area (Å²) in [5, 5.41) is 0. The smallest absolute Gasteiger partial charge is 0.110 e. The monoisotopic (exact) mass is 262 g/mol. The Kier molecular flexibility index (Phi) is 4.33. The molecule has 98 valence electrons. The van der Waals surface area contributed by atoms with Crippen molar-refractivity contribution in [2.45, 2.75) is 46.1 Å². The molecule has 3 heteroatoms. The lowest BCUT2D eigenvalue weighted by molar-refractivity contribution is 0.661. The van der Waals surface area contributed by atoms with Gasteiger partial charge in [0.2, 0.25) is 0 Å². The maximum Gasteiger partial charge on any atom is 0.110 e. The molecule has 0 radical (unpaired) electrons. The van der Waals surface area contributed by atoms with Gasteiger partial charge < -0.3 is 4.57 Å². The Morgan fingerprint density at radius 2 is 2.11 bits per heavy atom. The van der Waals surface area contributed by atoms with Crippen LogP contribution in [0.15, 0.2) is 18.2 Å². The Bertz CT molecular complexity index is 529. The SMILES string of the molecule is CCCn1c(CCS)nc2cc(C(C)C)ccc21. The molecule has 18 heavy (non-hydrogen) atoms. The first-order valence-electron chi connectivity index (χ1n) is 6.77. The first-order chi connectivity index (χ1) is 8.67. The molecule has 0 unspecified atom stereocenters. The van der Waals surface area contributed by atoms with Crippen molar-refractivity contribution in [2.75, 3.05) is 5.75 Å². The number of aromatic nitrogens is 2. The Labute approximate surface area is 115 Å². The van der Waals surface area contributed by atoms with Crippen LogP contribution in [0.25, 0.3) is 11.0 Å². The fourth-order valence-corrected chi connectivity index (χ4v) is 2.52. The normalized spacial score (nSPS) is 11.6. The van der Waals surface area contributed by atoms with Crippen LogP contribution in [0.5, 0.6) is 0 Å². The summed E-state index contributed by atoms with van der Waals surface area (Å²) in [6, 6.07) is 6.68. The number of fused-ring (bicyclic) bond motifs is 1. The lowest BCUT2D eigenvalue weighted by Crippen LogP contribution is -2.04. The molecule has 0 saturated carbocycles. The summed E-state index contributed by atoms with van der Waals surface area (Å²) in [6.45, 7) is 7.69. The summed E-state index contributed by atoms with van der Waals surface area (Å²) in [5.41, 5.74) is 3.76. The van der Waals surface area contributed by atoms with E-state index in [0.717, 1.165) is 30.7 Å². The van der Waals surface area contributed by atoms with E-state index < -0.39 is 0 Å². The van der Waals surface area contributed by atoms with Crippen LogP contribution in [0.3, 0.4) is 0 Å². The molecule has 0 aliphatic carbocycles. The predicted octanol–water partition coefficient (Wildman–Crippen LogP) is 4.04. The number of rotatable bonds is 5. The van der Waals surface area contributed by atoms with Gasteiger partial charge in [-0.3, -0.25) is 0 Å². The summed E-state index contributed by atoms with van der Waals surface area (Å²) < 4.78 is 2.34. The second-order valence-electron chi connectivity index (χ2n) is 5.06. The molecule has 2 nitrogen and oxygen atoms in total. The molecule has 0 amide bonds. The Hall–Kier alpha value is -0.960. The number of hydrogen-bond donors (Lipinski definition) is 1. The number of imidazole rings is 1. The molecule has 0 fully saturated rings. The number of hydrogen-bond acceptors (Lipinski definition) is 2. The van der Waals surface area contributed by atoms with Crippen LogP contribution in [0, 0.1) is 0 Å². The van der Waals surface area contributed by atoms with Gasteiger partial charge in [0.1, 0.15) is 5.82 Å². The number of benzene rings is 1. The van der Waals surface area contributed by atoms with Gasteiger partial charge in [-0.2, -0.15) is 12.6 Å². The Balaban J connectivity index is 2.53. The fourth-order valence-electron chi connectivity index (χ4n) is 2.32. The Morgan fingerprint density at radius 3 is 2.72 bits per heavy atom. The van der Waals surface area contributed by atoms with E-state index in [9.17, 15) is 0 Å². The zero-order valence-electron chi connectivity index (χ0n) is 11.5. The van der Waals surface area contributed by atoms with Crippen molar-refractivity contribution in [1.82, 2.24) is 9.55 Å². The van der Waals surface area contributed by atoms with Crippen LogP contribution in [-0.4, -0.2) is 15.3 Å². The molecule has 1 aromatic carbocycles. The van der Waals surface area contributed by atoms with Gasteiger partial charge in [0.25, 0.3) is 0 Å². The molecule has 0 aliphatic rings. The van der Waals surface area contributed by atoms with Crippen molar-refractivity contribution in [3.05, 3.63) is 29.6 Å². The van der Waals surface area contributed by atoms with E-state index in [0.29, 0.717) is 5.92 Å². The van der Waals surface area contributed by atoms with Crippen LogP contribution in [0.2, 0.25) is 0 Å². The summed E-state index contributed by atoms with van der Waals surface area (Å²) in [4.78, 5) is 4.78. The van der Waals surface area contributed by atoms with Crippen molar-refractivity contribution in [3.63, 3.8) is 0 Å². The minimum absolute atomic E-state index is 0.555. The zero-order valence-corrected chi connectivity index (χ0v) is 12.4. The van der Waals surface area contributed by atoms with Gasteiger partial charge in [-0.15, -0.1) is 0 Å². The number of thiol groups is 1. The minimum atomic E-state index is 0.555. The summed E-state index contributed by atoms with van der Waals surface area (Å²) in [7, 11) is 0. The highest BCUT2D eigenvalue weighted by Crippen LogP contribution is 2.23. The van der Waals surface area contributed by atoms with E-state index in [1.165, 1.54) is 16.9 Å². The van der Waals surface area contributed by atoms with Crippen LogP contribution in [0.4, 0.5) is 0 Å². The summed E-state index contributed by atoms with van der Waals surface area (Å²) >= 11 is 4.33. The third-order valence-electron chi connectivity index (χ3n) is 3.30. The minimum Gasteiger partial charge on any atom is -0.328 e. The van der Waals surface area contributed by atoms with Crippen molar-refractivity contribution in [1.29, 1.82) is 0 Å². The van der Waals surface area contributed by atoms with E-state index in [2.05, 4.69) is 56.2 Å². The standard InChI is InChI=1S/C15H22N2S/c1-4-8-17-14-6-5-12(11(2)3)10-13(14)16-15(17)7-9-18/h5-6,10-11,18H,4,7-9H2,1-3H3. The predicted molar refractivity (Wildman–Crippen MR) is 81.7 cm³/mol. The third kappa shape index (κ3) is 2.56. The molecule has 0 spiro atoms. The molecule has 0 aliphatic heterocycles. The second kappa shape index (κ2) is 5.79. The van der Waals surface area contributed by atoms with Crippen LogP contribution in [-0.2, 0) is 13.0 Å². The van der Waals surface area contributed by atoms with Gasteiger partial charge in [0, 0.05) is 13.0 Å². The highest BCUT2D eigenvalue weighted by molar-refractivity contribution is 7.80. The highest BCUT2D eigenvalue weighted by Gasteiger charge is 2.10. The van der Waals surface area contributed by atoms with E-state index in [1.807, 2.05) is 0 Å². The average molecular weight is 262 g/mol. The molecular weight excluding hydrogens is 240 g/mol. The van der Waals surface area contributed by atoms with Gasteiger partial charge in [-0.1, -0.05) is 26.8 Å². The first-order valence-corrected chi connectivity index (χ1v) is 7.40. The molecule has 0 saturated heterocycles. The molecule has 1 heterocycles. The summed E-state index contributed by atoms with van der Waals surface area (Å²) in [5.74, 6) is 2.58. The number of nitrogens with zero attached hydrogens (tertiary/aromatic N) is 2. The van der Waals surface area contributed by atoms with E-state index in [1.54, 1.807) is 0 Å². The maximum atomic E-state index is 4.78. The van der Waals surface area contributed by atoms with Crippen LogP contribution in [0.1, 0.15) is 44.5 Å². The van der Waals surface area contributed by atoms with Gasteiger partial charge in [-0.25, -0.2) is 4.98 Å². The zero-order chi connectivity index (χ0) is 13.1. The van der Waals surface area contributed by atoms with E-state index in [-0.39, 0.29) is 0 Å². The van der Waals surface area contributed by atoms with Crippen LogP contribution < -0.4 is 0 Å². The molecule has 0 N–H and O–H groups in total. The fraction of sp³-hybridized carbons (Fsp3) is 0.533. The maximum absolute atomic E-state index is 4.78. The van der Waals surface area contributed by atoms with Gasteiger partial charge in [0.15, 0.2) is 0 Å². The van der Waals surface area contributed by atoms with Gasteiger partial charge >= 0.3 is 0 Å². The van der Waals surface area contributed by atoms with Crippen molar-refractivity contribution in [2.24, 2.45) is 0 Å². The van der Waals surface area contributed by atoms with E-state index in [4.69, 9.17) is 4.98 Å². The Morgan fingerprint density at radius 1 is 1.33 bits per heavy atom. The lowest BCUT2D eigenvalue weighted by Gasteiger charge is -2.07. The summed E-state index contributed by atoms with van der Waals surface area (Å²) in [6.07, 6.45) is 2.08. The average Bonchev–Trinajstić information content (AvgIpc) is 2.68. The molecule has 2 aromatic rings. The first kappa shape index (κ1) is 13.5. The van der Waals surface area contributed by atoms with Crippen molar-refractivity contribution in [3.8, 4) is 0 Å². The molecule has 0 atom stereocenters. The molecule has 1 aromatic heterocycles.